The van der Waals surface area contributed by atoms with Gasteiger partial charge in [-0.05, 0) is 13.8 Å². The van der Waals surface area contributed by atoms with Crippen molar-refractivity contribution in [3.63, 3.8) is 0 Å². The Morgan fingerprint density at radius 3 is 2.75 bits per heavy atom. The summed E-state index contributed by atoms with van der Waals surface area (Å²) < 4.78 is 10.8. The number of nitrogens with two attached hydrogens (primary N) is 1. The van der Waals surface area contributed by atoms with Gasteiger partial charge in [0, 0.05) is 19.2 Å². The number of rotatable bonds is 5. The highest BCUT2D eigenvalue weighted by molar-refractivity contribution is 5.45. The number of morpholine rings is 1. The largest absolute Gasteiger partial charge is 0.474 e. The lowest BCUT2D eigenvalue weighted by Gasteiger charge is -2.27. The molecule has 4 N–H and O–H groups in total. The van der Waals surface area contributed by atoms with Gasteiger partial charge in [-0.25, -0.2) is 5.84 Å². The number of aromatic nitrogens is 2. The van der Waals surface area contributed by atoms with E-state index >= 15 is 0 Å². The summed E-state index contributed by atoms with van der Waals surface area (Å²) in [5.41, 5.74) is 1.56. The Bertz CT molecular complexity index is 443. The Morgan fingerprint density at radius 1 is 1.45 bits per heavy atom. The van der Waals surface area contributed by atoms with Gasteiger partial charge in [-0.2, -0.15) is 9.97 Å². The first-order chi connectivity index (χ1) is 9.48. The van der Waals surface area contributed by atoms with Crippen LogP contribution >= 0.6 is 0 Å². The average molecular weight is 283 g/mol. The number of ether oxygens (including phenoxy) is 2. The second-order valence-corrected chi connectivity index (χ2v) is 5.24. The second kappa shape index (κ2) is 6.21. The first-order valence-electron chi connectivity index (χ1n) is 6.51. The molecule has 0 aromatic carbocycles. The first-order valence-corrected chi connectivity index (χ1v) is 6.51. The zero-order valence-corrected chi connectivity index (χ0v) is 11.8. The molecule has 20 heavy (non-hydrogen) atoms. The summed E-state index contributed by atoms with van der Waals surface area (Å²) in [5, 5.41) is 9.69. The zero-order chi connectivity index (χ0) is 14.6. The predicted molar refractivity (Wildman–Crippen MR) is 74.7 cm³/mol. The van der Waals surface area contributed by atoms with Crippen molar-refractivity contribution in [3.8, 4) is 5.88 Å². The molecule has 8 nitrogen and oxygen atoms in total. The van der Waals surface area contributed by atoms with Crippen LogP contribution in [0.5, 0.6) is 5.88 Å². The SMILES string of the molecule is CC(C)(O)COc1cc(NN)nc(N2CCOCC2)n1. The van der Waals surface area contributed by atoms with Gasteiger partial charge in [0.25, 0.3) is 0 Å². The Morgan fingerprint density at radius 2 is 2.15 bits per heavy atom. The maximum atomic E-state index is 9.69. The highest BCUT2D eigenvalue weighted by Crippen LogP contribution is 2.20. The molecule has 1 aromatic rings. The fraction of sp³-hybridized carbons (Fsp3) is 0.667. The average Bonchev–Trinajstić information content (AvgIpc) is 2.45. The molecule has 1 saturated heterocycles. The van der Waals surface area contributed by atoms with Crippen molar-refractivity contribution in [1.82, 2.24) is 9.97 Å². The third-order valence-corrected chi connectivity index (χ3v) is 2.71. The lowest BCUT2D eigenvalue weighted by molar-refractivity contribution is 0.0268. The van der Waals surface area contributed by atoms with E-state index < -0.39 is 5.60 Å². The third-order valence-electron chi connectivity index (χ3n) is 2.71. The summed E-state index contributed by atoms with van der Waals surface area (Å²) in [5.74, 6) is 6.78. The predicted octanol–water partition coefficient (Wildman–Crippen LogP) is -0.251. The summed E-state index contributed by atoms with van der Waals surface area (Å²) in [4.78, 5) is 10.6. The zero-order valence-electron chi connectivity index (χ0n) is 11.8. The molecule has 0 bridgehead atoms. The van der Waals surface area contributed by atoms with Crippen molar-refractivity contribution >= 4 is 11.8 Å². The monoisotopic (exact) mass is 283 g/mol. The van der Waals surface area contributed by atoms with Crippen LogP contribution in [0.3, 0.4) is 0 Å². The van der Waals surface area contributed by atoms with E-state index in [9.17, 15) is 5.11 Å². The van der Waals surface area contributed by atoms with Gasteiger partial charge in [-0.15, -0.1) is 0 Å². The molecule has 1 fully saturated rings. The number of hydrogen-bond acceptors (Lipinski definition) is 8. The Hall–Kier alpha value is -1.64. The van der Waals surface area contributed by atoms with Gasteiger partial charge in [0.2, 0.25) is 11.8 Å². The standard InChI is InChI=1S/C12H21N5O3/c1-12(2,18)8-20-10-7-9(16-13)14-11(15-10)17-3-5-19-6-4-17/h7,18H,3-6,8,13H2,1-2H3,(H,14,15,16). The van der Waals surface area contributed by atoms with Crippen LogP contribution in [0, 0.1) is 0 Å². The fourth-order valence-electron chi connectivity index (χ4n) is 1.72. The molecule has 1 aliphatic rings. The van der Waals surface area contributed by atoms with E-state index in [1.807, 2.05) is 4.90 Å². The summed E-state index contributed by atoms with van der Waals surface area (Å²) in [6.45, 7) is 6.19. The summed E-state index contributed by atoms with van der Waals surface area (Å²) in [6, 6.07) is 1.59. The number of nitrogens with one attached hydrogen (secondary N) is 1. The fourth-order valence-corrected chi connectivity index (χ4v) is 1.72. The highest BCUT2D eigenvalue weighted by atomic mass is 16.5. The van der Waals surface area contributed by atoms with Crippen LogP contribution in [0.1, 0.15) is 13.8 Å². The van der Waals surface area contributed by atoms with Gasteiger partial charge in [0.05, 0.1) is 18.8 Å². The smallest absolute Gasteiger partial charge is 0.230 e. The van der Waals surface area contributed by atoms with Crippen molar-refractivity contribution in [3.05, 3.63) is 6.07 Å². The van der Waals surface area contributed by atoms with Gasteiger partial charge < -0.3 is 24.9 Å². The van der Waals surface area contributed by atoms with Gasteiger partial charge >= 0.3 is 0 Å². The van der Waals surface area contributed by atoms with E-state index in [1.165, 1.54) is 0 Å². The van der Waals surface area contributed by atoms with E-state index in [4.69, 9.17) is 15.3 Å². The molecule has 0 atom stereocenters. The van der Waals surface area contributed by atoms with Crippen LogP contribution in [-0.4, -0.2) is 53.6 Å². The van der Waals surface area contributed by atoms with Crippen LogP contribution in [0.4, 0.5) is 11.8 Å². The van der Waals surface area contributed by atoms with Gasteiger partial charge in [0.1, 0.15) is 12.4 Å². The molecule has 1 aromatic heterocycles. The number of aliphatic hydroxyl groups is 1. The van der Waals surface area contributed by atoms with Crippen LogP contribution in [0.15, 0.2) is 6.07 Å². The first kappa shape index (κ1) is 14.8. The molecule has 0 aliphatic carbocycles. The molecule has 1 aliphatic heterocycles. The minimum Gasteiger partial charge on any atom is -0.474 e. The van der Waals surface area contributed by atoms with Gasteiger partial charge in [-0.1, -0.05) is 0 Å². The molecule has 0 spiro atoms. The molecule has 2 heterocycles. The van der Waals surface area contributed by atoms with Crippen LogP contribution in [-0.2, 0) is 4.74 Å². The number of hydrogen-bond donors (Lipinski definition) is 3. The minimum atomic E-state index is -0.930. The molecular weight excluding hydrogens is 262 g/mol. The third kappa shape index (κ3) is 4.19. The maximum Gasteiger partial charge on any atom is 0.230 e. The number of nitrogens with zero attached hydrogens (tertiary/aromatic N) is 3. The van der Waals surface area contributed by atoms with E-state index in [1.54, 1.807) is 19.9 Å². The van der Waals surface area contributed by atoms with Crippen molar-refractivity contribution in [1.29, 1.82) is 0 Å². The van der Waals surface area contributed by atoms with Gasteiger partial charge in [-0.3, -0.25) is 0 Å². The summed E-state index contributed by atoms with van der Waals surface area (Å²) >= 11 is 0. The van der Waals surface area contributed by atoms with E-state index in [2.05, 4.69) is 15.4 Å². The van der Waals surface area contributed by atoms with Crippen molar-refractivity contribution in [2.45, 2.75) is 19.4 Å². The number of hydrazine groups is 1. The lowest BCUT2D eigenvalue weighted by atomic mass is 10.2. The number of anilines is 2. The molecule has 8 heteroatoms. The Kier molecular flexibility index (Phi) is 4.58. The van der Waals surface area contributed by atoms with Gasteiger partial charge in [0.15, 0.2) is 0 Å². The van der Waals surface area contributed by atoms with E-state index in [0.29, 0.717) is 30.9 Å². The Labute approximate surface area is 117 Å². The molecule has 0 unspecified atom stereocenters. The highest BCUT2D eigenvalue weighted by Gasteiger charge is 2.18. The molecule has 2 rings (SSSR count). The number of nitrogen functional groups attached to an aromatic ring is 1. The topological polar surface area (TPSA) is 106 Å². The second-order valence-electron chi connectivity index (χ2n) is 5.24. The van der Waals surface area contributed by atoms with Crippen molar-refractivity contribution in [2.24, 2.45) is 5.84 Å². The Balaban J connectivity index is 2.15. The molecular formula is C12H21N5O3. The summed E-state index contributed by atoms with van der Waals surface area (Å²) in [6.07, 6.45) is 0. The molecule has 0 radical (unpaired) electrons. The van der Waals surface area contributed by atoms with Crippen LogP contribution in [0.25, 0.3) is 0 Å². The molecule has 112 valence electrons. The van der Waals surface area contributed by atoms with Crippen LogP contribution < -0.4 is 20.9 Å². The minimum absolute atomic E-state index is 0.135. The lowest BCUT2D eigenvalue weighted by Crippen LogP contribution is -2.37. The van der Waals surface area contributed by atoms with Crippen molar-refractivity contribution in [2.75, 3.05) is 43.2 Å². The quantitative estimate of drug-likeness (QED) is 0.502. The molecule has 0 amide bonds. The van der Waals surface area contributed by atoms with Crippen molar-refractivity contribution < 1.29 is 14.6 Å². The molecule has 0 saturated carbocycles. The normalized spacial score (nSPS) is 16.1. The van der Waals surface area contributed by atoms with Crippen LogP contribution in [0.2, 0.25) is 0 Å². The maximum absolute atomic E-state index is 9.69. The van der Waals surface area contributed by atoms with E-state index in [-0.39, 0.29) is 6.61 Å². The summed E-state index contributed by atoms with van der Waals surface area (Å²) in [7, 11) is 0. The van der Waals surface area contributed by atoms with E-state index in [0.717, 1.165) is 13.1 Å².